The Labute approximate surface area is 147 Å². The standard InChI is InChI=1S/C15H22FN3O3S2/c1-22-12-2-7-17-15(23)18-8-10-19(11-9-18)24(20,21)14-5-3-13(16)4-6-14/h3-6H,2,7-12H2,1H3,(H,17,23). The smallest absolute Gasteiger partial charge is 0.243 e. The van der Waals surface area contributed by atoms with E-state index in [1.807, 2.05) is 4.90 Å². The van der Waals surface area contributed by atoms with Crippen LogP contribution in [-0.2, 0) is 14.8 Å². The molecular formula is C15H22FN3O3S2. The molecule has 1 fully saturated rings. The average molecular weight is 375 g/mol. The van der Waals surface area contributed by atoms with Gasteiger partial charge in [0, 0.05) is 46.4 Å². The van der Waals surface area contributed by atoms with Crippen LogP contribution in [0.2, 0.25) is 0 Å². The van der Waals surface area contributed by atoms with Crippen molar-refractivity contribution in [3.63, 3.8) is 0 Å². The molecule has 0 atom stereocenters. The number of thiocarbonyl (C=S) groups is 1. The van der Waals surface area contributed by atoms with Crippen molar-refractivity contribution in [3.05, 3.63) is 30.1 Å². The normalized spacial score (nSPS) is 16.2. The van der Waals surface area contributed by atoms with Crippen LogP contribution >= 0.6 is 12.2 Å². The molecule has 0 aromatic heterocycles. The van der Waals surface area contributed by atoms with Crippen LogP contribution in [-0.4, -0.2) is 69.2 Å². The number of sulfonamides is 1. The summed E-state index contributed by atoms with van der Waals surface area (Å²) in [6, 6.07) is 4.89. The number of halogens is 1. The minimum atomic E-state index is -3.59. The van der Waals surface area contributed by atoms with E-state index in [9.17, 15) is 12.8 Å². The first-order chi connectivity index (χ1) is 11.4. The van der Waals surface area contributed by atoms with Crippen molar-refractivity contribution >= 4 is 27.4 Å². The van der Waals surface area contributed by atoms with E-state index in [1.54, 1.807) is 7.11 Å². The van der Waals surface area contributed by atoms with Gasteiger partial charge < -0.3 is 15.0 Å². The maximum atomic E-state index is 13.0. The third kappa shape index (κ3) is 4.85. The summed E-state index contributed by atoms with van der Waals surface area (Å²) in [5.41, 5.74) is 0. The highest BCUT2D eigenvalue weighted by molar-refractivity contribution is 7.89. The largest absolute Gasteiger partial charge is 0.385 e. The average Bonchev–Trinajstić information content (AvgIpc) is 2.59. The number of ether oxygens (including phenoxy) is 1. The van der Waals surface area contributed by atoms with Crippen LogP contribution in [0.1, 0.15) is 6.42 Å². The van der Waals surface area contributed by atoms with Crippen molar-refractivity contribution in [2.45, 2.75) is 11.3 Å². The van der Waals surface area contributed by atoms with Crippen LogP contribution in [0.25, 0.3) is 0 Å². The number of benzene rings is 1. The van der Waals surface area contributed by atoms with E-state index in [-0.39, 0.29) is 4.90 Å². The lowest BCUT2D eigenvalue weighted by atomic mass is 10.3. The maximum absolute atomic E-state index is 13.0. The van der Waals surface area contributed by atoms with Gasteiger partial charge in [-0.3, -0.25) is 0 Å². The lowest BCUT2D eigenvalue weighted by Gasteiger charge is -2.35. The van der Waals surface area contributed by atoms with Crippen LogP contribution in [0, 0.1) is 5.82 Å². The molecule has 2 rings (SSSR count). The lowest BCUT2D eigenvalue weighted by Crippen LogP contribution is -2.53. The number of methoxy groups -OCH3 is 1. The Morgan fingerprint density at radius 2 is 1.88 bits per heavy atom. The molecule has 0 spiro atoms. The maximum Gasteiger partial charge on any atom is 0.243 e. The van der Waals surface area contributed by atoms with E-state index in [2.05, 4.69) is 5.32 Å². The van der Waals surface area contributed by atoms with Crippen molar-refractivity contribution < 1.29 is 17.5 Å². The summed E-state index contributed by atoms with van der Waals surface area (Å²) in [4.78, 5) is 2.07. The van der Waals surface area contributed by atoms with Crippen molar-refractivity contribution in [1.82, 2.24) is 14.5 Å². The number of nitrogens with one attached hydrogen (secondary N) is 1. The highest BCUT2D eigenvalue weighted by Crippen LogP contribution is 2.18. The molecule has 0 unspecified atom stereocenters. The fraction of sp³-hybridized carbons (Fsp3) is 0.533. The van der Waals surface area contributed by atoms with Crippen molar-refractivity contribution in [2.24, 2.45) is 0 Å². The molecule has 1 N–H and O–H groups in total. The first-order valence-electron chi connectivity index (χ1n) is 7.72. The monoisotopic (exact) mass is 375 g/mol. The number of nitrogens with zero attached hydrogens (tertiary/aromatic N) is 2. The summed E-state index contributed by atoms with van der Waals surface area (Å²) < 4.78 is 44.4. The molecule has 6 nitrogen and oxygen atoms in total. The number of hydrogen-bond donors (Lipinski definition) is 1. The molecule has 134 valence electrons. The third-order valence-corrected chi connectivity index (χ3v) is 6.09. The van der Waals surface area contributed by atoms with E-state index in [0.29, 0.717) is 37.9 Å². The second-order valence-electron chi connectivity index (χ2n) is 5.42. The van der Waals surface area contributed by atoms with Gasteiger partial charge in [-0.15, -0.1) is 0 Å². The van der Waals surface area contributed by atoms with Gasteiger partial charge in [-0.25, -0.2) is 12.8 Å². The van der Waals surface area contributed by atoms with Gasteiger partial charge in [-0.2, -0.15) is 4.31 Å². The fourth-order valence-electron chi connectivity index (χ4n) is 2.41. The summed E-state index contributed by atoms with van der Waals surface area (Å²) in [5.74, 6) is -0.455. The Kier molecular flexibility index (Phi) is 6.90. The molecule has 0 saturated carbocycles. The van der Waals surface area contributed by atoms with Gasteiger partial charge in [0.25, 0.3) is 0 Å². The first-order valence-corrected chi connectivity index (χ1v) is 9.57. The molecule has 24 heavy (non-hydrogen) atoms. The highest BCUT2D eigenvalue weighted by atomic mass is 32.2. The topological polar surface area (TPSA) is 61.9 Å². The van der Waals surface area contributed by atoms with Gasteiger partial charge in [-0.1, -0.05) is 0 Å². The number of piperazine rings is 1. The zero-order valence-electron chi connectivity index (χ0n) is 13.6. The van der Waals surface area contributed by atoms with Crippen LogP contribution in [0.3, 0.4) is 0 Å². The third-order valence-electron chi connectivity index (χ3n) is 3.78. The zero-order valence-corrected chi connectivity index (χ0v) is 15.2. The van der Waals surface area contributed by atoms with E-state index in [1.165, 1.54) is 16.4 Å². The molecule has 0 aliphatic carbocycles. The molecular weight excluding hydrogens is 353 g/mol. The molecule has 9 heteroatoms. The van der Waals surface area contributed by atoms with Gasteiger partial charge in [0.1, 0.15) is 5.82 Å². The summed E-state index contributed by atoms with van der Waals surface area (Å²) in [7, 11) is -1.94. The number of hydrogen-bond acceptors (Lipinski definition) is 4. The summed E-state index contributed by atoms with van der Waals surface area (Å²) in [6.45, 7) is 3.13. The summed E-state index contributed by atoms with van der Waals surface area (Å²) in [5, 5.41) is 3.78. The van der Waals surface area contributed by atoms with Gasteiger partial charge in [-0.05, 0) is 42.9 Å². The van der Waals surface area contributed by atoms with Gasteiger partial charge in [0.2, 0.25) is 10.0 Å². The predicted molar refractivity (Wildman–Crippen MR) is 93.8 cm³/mol. The number of rotatable bonds is 6. The zero-order chi connectivity index (χ0) is 17.6. The Morgan fingerprint density at radius 1 is 1.25 bits per heavy atom. The van der Waals surface area contributed by atoms with Gasteiger partial charge >= 0.3 is 0 Å². The van der Waals surface area contributed by atoms with Gasteiger partial charge in [0.15, 0.2) is 5.11 Å². The molecule has 1 aliphatic heterocycles. The second-order valence-corrected chi connectivity index (χ2v) is 7.75. The second kappa shape index (κ2) is 8.70. The van der Waals surface area contributed by atoms with Crippen molar-refractivity contribution in [3.8, 4) is 0 Å². The van der Waals surface area contributed by atoms with Crippen molar-refractivity contribution in [2.75, 3.05) is 46.4 Å². The molecule has 0 amide bonds. The molecule has 0 radical (unpaired) electrons. The quantitative estimate of drug-likeness (QED) is 0.592. The lowest BCUT2D eigenvalue weighted by molar-refractivity contribution is 0.195. The Hall–Kier alpha value is -1.29. The molecule has 1 saturated heterocycles. The van der Waals surface area contributed by atoms with E-state index in [0.717, 1.165) is 25.1 Å². The molecule has 1 aromatic carbocycles. The summed E-state index contributed by atoms with van der Waals surface area (Å²) in [6.07, 6.45) is 0.857. The van der Waals surface area contributed by atoms with Crippen LogP contribution in [0.4, 0.5) is 4.39 Å². The minimum Gasteiger partial charge on any atom is -0.385 e. The SMILES string of the molecule is COCCCNC(=S)N1CCN(S(=O)(=O)c2ccc(F)cc2)CC1. The van der Waals surface area contributed by atoms with Crippen LogP contribution in [0.5, 0.6) is 0 Å². The Bertz CT molecular complexity index is 644. The van der Waals surface area contributed by atoms with Crippen LogP contribution in [0.15, 0.2) is 29.2 Å². The molecule has 1 heterocycles. The fourth-order valence-corrected chi connectivity index (χ4v) is 4.12. The van der Waals surface area contributed by atoms with E-state index in [4.69, 9.17) is 17.0 Å². The molecule has 0 bridgehead atoms. The first kappa shape index (κ1) is 19.0. The minimum absolute atomic E-state index is 0.109. The Morgan fingerprint density at radius 3 is 2.46 bits per heavy atom. The van der Waals surface area contributed by atoms with Crippen molar-refractivity contribution in [1.29, 1.82) is 0 Å². The molecule has 1 aromatic rings. The summed E-state index contributed by atoms with van der Waals surface area (Å²) >= 11 is 5.33. The van der Waals surface area contributed by atoms with E-state index >= 15 is 0 Å². The van der Waals surface area contributed by atoms with Crippen LogP contribution < -0.4 is 5.32 Å². The van der Waals surface area contributed by atoms with E-state index < -0.39 is 15.8 Å². The molecule has 1 aliphatic rings. The Balaban J connectivity index is 1.87. The predicted octanol–water partition coefficient (Wildman–Crippen LogP) is 1.04. The van der Waals surface area contributed by atoms with Gasteiger partial charge in [0.05, 0.1) is 4.90 Å². The highest BCUT2D eigenvalue weighted by Gasteiger charge is 2.29.